The quantitative estimate of drug-likeness (QED) is 0.606. The van der Waals surface area contributed by atoms with Gasteiger partial charge in [-0.1, -0.05) is 26.0 Å². The molecule has 0 spiro atoms. The molecule has 0 bridgehead atoms. The van der Waals surface area contributed by atoms with Crippen LogP contribution in [-0.2, 0) is 23.5 Å². The fraction of sp³-hybridized carbons (Fsp3) is 0.556. The molecule has 0 radical (unpaired) electrons. The topological polar surface area (TPSA) is 66.2 Å². The van der Waals surface area contributed by atoms with Gasteiger partial charge < -0.3 is 14.2 Å². The summed E-state index contributed by atoms with van der Waals surface area (Å²) in [5, 5.41) is 8.35. The molecule has 0 aliphatic rings. The molecule has 1 aromatic heterocycles. The maximum Gasteiger partial charge on any atom is 0.156 e. The molecule has 0 saturated carbocycles. The second kappa shape index (κ2) is 9.79. The Kier molecular flexibility index (Phi) is 7.74. The summed E-state index contributed by atoms with van der Waals surface area (Å²) in [6, 6.07) is 7.29. The van der Waals surface area contributed by atoms with Gasteiger partial charge in [0, 0.05) is 13.1 Å². The molecule has 0 fully saturated rings. The van der Waals surface area contributed by atoms with Gasteiger partial charge in [0.25, 0.3) is 0 Å². The second-order valence-corrected chi connectivity index (χ2v) is 7.64. The van der Waals surface area contributed by atoms with Gasteiger partial charge in [0.05, 0.1) is 13.3 Å². The van der Waals surface area contributed by atoms with Gasteiger partial charge >= 0.3 is 0 Å². The van der Waals surface area contributed by atoms with E-state index >= 15 is 0 Å². The van der Waals surface area contributed by atoms with Crippen molar-refractivity contribution in [3.8, 4) is 5.75 Å². The Labute approximate surface area is 153 Å². The smallest absolute Gasteiger partial charge is 0.156 e. The highest BCUT2D eigenvalue weighted by Crippen LogP contribution is 2.19. The average Bonchev–Trinajstić information content (AvgIpc) is 3.06. The Morgan fingerprint density at radius 2 is 1.92 bits per heavy atom. The summed E-state index contributed by atoms with van der Waals surface area (Å²) in [4.78, 5) is 3.17. The maximum atomic E-state index is 12.5. The number of hydrogen-bond donors (Lipinski definition) is 0. The van der Waals surface area contributed by atoms with Crippen LogP contribution < -0.4 is 4.74 Å². The lowest BCUT2D eigenvalue weighted by Gasteiger charge is -2.22. The molecule has 138 valence electrons. The predicted molar refractivity (Wildman–Crippen MR) is 100 cm³/mol. The molecule has 2 rings (SSSR count). The summed E-state index contributed by atoms with van der Waals surface area (Å²) in [6.07, 6.45) is 1.90. The number of ether oxygens (including phenoxy) is 1. The third-order valence-electron chi connectivity index (χ3n) is 4.15. The van der Waals surface area contributed by atoms with Gasteiger partial charge in [0.15, 0.2) is 10.6 Å². The highest BCUT2D eigenvalue weighted by Gasteiger charge is 2.16. The fourth-order valence-electron chi connectivity index (χ4n) is 2.74. The summed E-state index contributed by atoms with van der Waals surface area (Å²) < 4.78 is 19.4. The predicted octanol–water partition coefficient (Wildman–Crippen LogP) is 2.57. The number of methoxy groups -OCH3 is 1. The van der Waals surface area contributed by atoms with Crippen LogP contribution in [0.4, 0.5) is 0 Å². The van der Waals surface area contributed by atoms with Crippen molar-refractivity contribution >= 4 is 11.2 Å². The molecule has 1 aromatic carbocycles. The van der Waals surface area contributed by atoms with Crippen molar-refractivity contribution in [1.82, 2.24) is 19.9 Å². The molecule has 1 heterocycles. The minimum Gasteiger partial charge on any atom is -0.611 e. The molecule has 0 saturated heterocycles. The van der Waals surface area contributed by atoms with Crippen LogP contribution in [0.5, 0.6) is 5.75 Å². The molecule has 0 aliphatic carbocycles. The van der Waals surface area contributed by atoms with Crippen LogP contribution in [0.2, 0.25) is 0 Å². The van der Waals surface area contributed by atoms with Gasteiger partial charge in [0.1, 0.15) is 11.4 Å². The minimum atomic E-state index is -1.14. The highest BCUT2D eigenvalue weighted by atomic mass is 32.2. The molecule has 7 heteroatoms. The van der Waals surface area contributed by atoms with Crippen LogP contribution in [0.15, 0.2) is 35.4 Å². The molecule has 2 aromatic rings. The summed E-state index contributed by atoms with van der Waals surface area (Å²) in [6.45, 7) is 10.6. The Morgan fingerprint density at radius 1 is 1.24 bits per heavy atom. The van der Waals surface area contributed by atoms with E-state index in [0.717, 1.165) is 42.5 Å². The lowest BCUT2D eigenvalue weighted by molar-refractivity contribution is 0.243. The van der Waals surface area contributed by atoms with E-state index in [-0.39, 0.29) is 0 Å². The third-order valence-corrected chi connectivity index (χ3v) is 5.51. The summed E-state index contributed by atoms with van der Waals surface area (Å²) >= 11 is -1.14. The van der Waals surface area contributed by atoms with E-state index in [1.54, 1.807) is 7.11 Å². The van der Waals surface area contributed by atoms with E-state index in [1.807, 2.05) is 35.1 Å². The first kappa shape index (κ1) is 19.8. The van der Waals surface area contributed by atoms with Gasteiger partial charge in [-0.25, -0.2) is 0 Å². The number of aromatic nitrogens is 3. The van der Waals surface area contributed by atoms with Crippen LogP contribution in [-0.4, -0.2) is 51.2 Å². The van der Waals surface area contributed by atoms with E-state index in [4.69, 9.17) is 4.74 Å². The Bertz CT molecular complexity index is 628. The van der Waals surface area contributed by atoms with Crippen LogP contribution >= 0.6 is 0 Å². The van der Waals surface area contributed by atoms with E-state index < -0.39 is 11.2 Å². The first-order valence-corrected chi connectivity index (χ1v) is 10.0. The lowest BCUT2D eigenvalue weighted by atomic mass is 10.1. The molecule has 25 heavy (non-hydrogen) atoms. The second-order valence-electron chi connectivity index (χ2n) is 6.19. The summed E-state index contributed by atoms with van der Waals surface area (Å²) in [7, 11) is 1.62. The van der Waals surface area contributed by atoms with Gasteiger partial charge in [-0.15, -0.1) is 5.10 Å². The maximum absolute atomic E-state index is 12.5. The van der Waals surface area contributed by atoms with Crippen molar-refractivity contribution in [3.05, 3.63) is 36.2 Å². The van der Waals surface area contributed by atoms with E-state index in [1.165, 1.54) is 0 Å². The minimum absolute atomic E-state index is 0.372. The van der Waals surface area contributed by atoms with Crippen LogP contribution in [0.3, 0.4) is 0 Å². The van der Waals surface area contributed by atoms with Crippen LogP contribution in [0, 0.1) is 5.92 Å². The van der Waals surface area contributed by atoms with Crippen molar-refractivity contribution in [2.24, 2.45) is 5.92 Å². The first-order chi connectivity index (χ1) is 12.0. The zero-order valence-electron chi connectivity index (χ0n) is 15.5. The molecule has 0 amide bonds. The first-order valence-electron chi connectivity index (χ1n) is 8.69. The highest BCUT2D eigenvalue weighted by molar-refractivity contribution is 7.90. The van der Waals surface area contributed by atoms with Gasteiger partial charge in [-0.3, -0.25) is 4.68 Å². The van der Waals surface area contributed by atoms with E-state index in [0.29, 0.717) is 11.7 Å². The van der Waals surface area contributed by atoms with Crippen molar-refractivity contribution in [2.75, 3.05) is 26.7 Å². The molecular weight excluding hydrogens is 336 g/mol. The van der Waals surface area contributed by atoms with Gasteiger partial charge in [-0.05, 0) is 54.4 Å². The largest absolute Gasteiger partial charge is 0.611 e. The number of hydrogen-bond acceptors (Lipinski definition) is 5. The van der Waals surface area contributed by atoms with Crippen LogP contribution in [0.25, 0.3) is 0 Å². The molecule has 0 N–H and O–H groups in total. The Morgan fingerprint density at radius 3 is 2.52 bits per heavy atom. The zero-order valence-corrected chi connectivity index (χ0v) is 16.3. The van der Waals surface area contributed by atoms with Crippen molar-refractivity contribution in [1.29, 1.82) is 0 Å². The molecule has 6 nitrogen and oxygen atoms in total. The van der Waals surface area contributed by atoms with Gasteiger partial charge in [-0.2, -0.15) is 0 Å². The SMILES string of the molecule is CCN(CC)CC(C)Cn1cc(C[S+]([O-])c2ccc(OC)cc2)nn1. The van der Waals surface area contributed by atoms with E-state index in [2.05, 4.69) is 36.0 Å². The standard InChI is InChI=1S/C18H28N4O2S/c1-5-21(6-2)11-15(3)12-22-13-16(19-20-22)14-25(23)18-9-7-17(24-4)8-10-18/h7-10,13,15H,5-6,11-12,14H2,1-4H3. The normalized spacial score (nSPS) is 13.8. The number of nitrogens with zero attached hydrogens (tertiary/aromatic N) is 4. The zero-order chi connectivity index (χ0) is 18.2. The van der Waals surface area contributed by atoms with Crippen molar-refractivity contribution < 1.29 is 9.29 Å². The van der Waals surface area contributed by atoms with Crippen molar-refractivity contribution in [2.45, 2.75) is 38.0 Å². The number of benzene rings is 1. The monoisotopic (exact) mass is 364 g/mol. The van der Waals surface area contributed by atoms with Crippen molar-refractivity contribution in [3.63, 3.8) is 0 Å². The van der Waals surface area contributed by atoms with E-state index in [9.17, 15) is 4.55 Å². The average molecular weight is 365 g/mol. The number of rotatable bonds is 10. The lowest BCUT2D eigenvalue weighted by Crippen LogP contribution is -2.30. The molecule has 2 atom stereocenters. The summed E-state index contributed by atoms with van der Waals surface area (Å²) in [5.74, 6) is 1.62. The Hall–Kier alpha value is -1.57. The fourth-order valence-corrected chi connectivity index (χ4v) is 3.75. The summed E-state index contributed by atoms with van der Waals surface area (Å²) in [5.41, 5.74) is 0.754. The molecule has 0 aliphatic heterocycles. The van der Waals surface area contributed by atoms with Gasteiger partial charge in [0.2, 0.25) is 0 Å². The molecular formula is C18H28N4O2S. The Balaban J connectivity index is 1.89. The van der Waals surface area contributed by atoms with Crippen LogP contribution in [0.1, 0.15) is 26.5 Å². The third kappa shape index (κ3) is 6.02. The molecule has 2 unspecified atom stereocenters.